The minimum atomic E-state index is -0.469. The molecule has 2 N–H and O–H groups in total. The Morgan fingerprint density at radius 3 is 2.71 bits per heavy atom. The van der Waals surface area contributed by atoms with Gasteiger partial charge in [0.1, 0.15) is 5.69 Å². The van der Waals surface area contributed by atoms with Crippen LogP contribution in [-0.2, 0) is 4.74 Å². The lowest BCUT2D eigenvalue weighted by atomic mass is 10.1. The maximum Gasteiger partial charge on any atom is 0.293 e. The minimum absolute atomic E-state index is 0.0251. The van der Waals surface area contributed by atoms with Crippen molar-refractivity contribution >= 4 is 17.3 Å². The number of ether oxygens (including phenoxy) is 1. The third-order valence-electron chi connectivity index (χ3n) is 3.72. The molecule has 1 heterocycles. The monoisotopic (exact) mass is 336 g/mol. The van der Waals surface area contributed by atoms with Gasteiger partial charge in [-0.05, 0) is 26.0 Å². The van der Waals surface area contributed by atoms with E-state index in [9.17, 15) is 14.9 Å². The average molecular weight is 336 g/mol. The molecule has 8 heteroatoms. The molecule has 1 aliphatic heterocycles. The molecule has 0 aliphatic carbocycles. The molecule has 2 rings (SSSR count). The smallest absolute Gasteiger partial charge is 0.293 e. The van der Waals surface area contributed by atoms with Crippen molar-refractivity contribution < 1.29 is 14.5 Å². The van der Waals surface area contributed by atoms with Gasteiger partial charge in [0.25, 0.3) is 11.6 Å². The lowest BCUT2D eigenvalue weighted by Crippen LogP contribution is -2.39. The Kier molecular flexibility index (Phi) is 6.51. The topological polar surface area (TPSA) is 96.7 Å². The number of nitro groups is 1. The van der Waals surface area contributed by atoms with Gasteiger partial charge in [0, 0.05) is 43.9 Å². The van der Waals surface area contributed by atoms with Crippen LogP contribution in [-0.4, -0.2) is 61.2 Å². The van der Waals surface area contributed by atoms with Gasteiger partial charge in [0.15, 0.2) is 0 Å². The number of benzene rings is 1. The number of nitrogens with zero attached hydrogens (tertiary/aromatic N) is 2. The lowest BCUT2D eigenvalue weighted by Gasteiger charge is -2.26. The first-order valence-electron chi connectivity index (χ1n) is 8.10. The van der Waals surface area contributed by atoms with Crippen molar-refractivity contribution in [2.45, 2.75) is 19.9 Å². The Bertz CT molecular complexity index is 585. The summed E-state index contributed by atoms with van der Waals surface area (Å²) in [6.07, 6.45) is 0. The second kappa shape index (κ2) is 8.60. The van der Waals surface area contributed by atoms with Crippen molar-refractivity contribution in [3.63, 3.8) is 0 Å². The predicted molar refractivity (Wildman–Crippen MR) is 91.4 cm³/mol. The van der Waals surface area contributed by atoms with Crippen LogP contribution in [0.4, 0.5) is 11.4 Å². The summed E-state index contributed by atoms with van der Waals surface area (Å²) in [5.74, 6) is -0.312. The van der Waals surface area contributed by atoms with E-state index in [-0.39, 0.29) is 23.2 Å². The molecule has 0 unspecified atom stereocenters. The zero-order valence-corrected chi connectivity index (χ0v) is 14.1. The second-order valence-electron chi connectivity index (χ2n) is 6.00. The minimum Gasteiger partial charge on any atom is -0.379 e. The van der Waals surface area contributed by atoms with Crippen LogP contribution in [0.1, 0.15) is 24.2 Å². The molecule has 0 spiro atoms. The van der Waals surface area contributed by atoms with Crippen molar-refractivity contribution in [3.05, 3.63) is 33.9 Å². The van der Waals surface area contributed by atoms with Crippen LogP contribution >= 0.6 is 0 Å². The van der Waals surface area contributed by atoms with Crippen LogP contribution in [0.25, 0.3) is 0 Å². The van der Waals surface area contributed by atoms with E-state index in [1.165, 1.54) is 6.07 Å². The van der Waals surface area contributed by atoms with Crippen LogP contribution in [0.2, 0.25) is 0 Å². The molecule has 0 aromatic heterocycles. The number of rotatable bonds is 7. The van der Waals surface area contributed by atoms with Gasteiger partial charge >= 0.3 is 0 Å². The van der Waals surface area contributed by atoms with Crippen LogP contribution in [0.15, 0.2) is 18.2 Å². The van der Waals surface area contributed by atoms with E-state index in [4.69, 9.17) is 4.74 Å². The number of hydrogen-bond donors (Lipinski definition) is 2. The number of carbonyl (C=O) groups excluding carboxylic acids is 1. The van der Waals surface area contributed by atoms with E-state index >= 15 is 0 Å². The first-order chi connectivity index (χ1) is 11.5. The van der Waals surface area contributed by atoms with Gasteiger partial charge in [0.05, 0.1) is 18.1 Å². The highest BCUT2D eigenvalue weighted by Gasteiger charge is 2.18. The maximum absolute atomic E-state index is 12.0. The number of nitro benzene ring substituents is 1. The highest BCUT2D eigenvalue weighted by Crippen LogP contribution is 2.25. The largest absolute Gasteiger partial charge is 0.379 e. The van der Waals surface area contributed by atoms with Gasteiger partial charge in [-0.1, -0.05) is 0 Å². The molecular formula is C16H24N4O4. The number of morpholine rings is 1. The van der Waals surface area contributed by atoms with Gasteiger partial charge < -0.3 is 15.4 Å². The Balaban J connectivity index is 2.00. The Hall–Kier alpha value is -2.19. The van der Waals surface area contributed by atoms with Crippen LogP contribution < -0.4 is 10.6 Å². The molecule has 1 saturated heterocycles. The summed E-state index contributed by atoms with van der Waals surface area (Å²) in [6.45, 7) is 8.26. The van der Waals surface area contributed by atoms with E-state index in [0.717, 1.165) is 32.8 Å². The molecule has 24 heavy (non-hydrogen) atoms. The Morgan fingerprint density at radius 2 is 2.08 bits per heavy atom. The number of hydrogen-bond acceptors (Lipinski definition) is 6. The first-order valence-corrected chi connectivity index (χ1v) is 8.10. The summed E-state index contributed by atoms with van der Waals surface area (Å²) in [6, 6.07) is 4.48. The molecular weight excluding hydrogens is 312 g/mol. The molecule has 1 aliphatic rings. The van der Waals surface area contributed by atoms with E-state index in [1.54, 1.807) is 12.1 Å². The number of carbonyl (C=O) groups is 1. The number of amides is 1. The van der Waals surface area contributed by atoms with Crippen molar-refractivity contribution in [3.8, 4) is 0 Å². The molecule has 0 bridgehead atoms. The third-order valence-corrected chi connectivity index (χ3v) is 3.72. The normalized spacial score (nSPS) is 15.3. The van der Waals surface area contributed by atoms with Crippen molar-refractivity contribution in [1.29, 1.82) is 0 Å². The summed E-state index contributed by atoms with van der Waals surface area (Å²) in [5.41, 5.74) is 0.622. The second-order valence-corrected chi connectivity index (χ2v) is 6.00. The highest BCUT2D eigenvalue weighted by atomic mass is 16.6. The van der Waals surface area contributed by atoms with Crippen LogP contribution in [0, 0.1) is 10.1 Å². The van der Waals surface area contributed by atoms with E-state index < -0.39 is 4.92 Å². The Morgan fingerprint density at radius 1 is 1.38 bits per heavy atom. The van der Waals surface area contributed by atoms with Gasteiger partial charge in [0.2, 0.25) is 0 Å². The number of nitrogens with one attached hydrogen (secondary N) is 2. The molecule has 1 fully saturated rings. The maximum atomic E-state index is 12.0. The molecule has 1 aromatic carbocycles. The van der Waals surface area contributed by atoms with E-state index in [2.05, 4.69) is 15.5 Å². The van der Waals surface area contributed by atoms with E-state index in [0.29, 0.717) is 12.2 Å². The van der Waals surface area contributed by atoms with Crippen molar-refractivity contribution in [2.75, 3.05) is 44.7 Å². The summed E-state index contributed by atoms with van der Waals surface area (Å²) < 4.78 is 5.29. The van der Waals surface area contributed by atoms with Crippen molar-refractivity contribution in [1.82, 2.24) is 10.2 Å². The molecule has 1 amide bonds. The third kappa shape index (κ3) is 5.17. The standard InChI is InChI=1S/C16H24N4O4/c1-12(2)18-16(21)13-3-4-14(15(11-13)20(22)23)17-5-6-19-7-9-24-10-8-19/h3-4,11-12,17H,5-10H2,1-2H3,(H,18,21). The van der Waals surface area contributed by atoms with Gasteiger partial charge in [-0.2, -0.15) is 0 Å². The fourth-order valence-corrected chi connectivity index (χ4v) is 2.49. The van der Waals surface area contributed by atoms with Crippen molar-refractivity contribution in [2.24, 2.45) is 0 Å². The highest BCUT2D eigenvalue weighted by molar-refractivity contribution is 5.95. The zero-order chi connectivity index (χ0) is 17.5. The predicted octanol–water partition coefficient (Wildman–Crippen LogP) is 1.48. The first kappa shape index (κ1) is 18.2. The van der Waals surface area contributed by atoms with Gasteiger partial charge in [-0.3, -0.25) is 19.8 Å². The van der Waals surface area contributed by atoms with Crippen LogP contribution in [0.3, 0.4) is 0 Å². The van der Waals surface area contributed by atoms with E-state index in [1.807, 2.05) is 13.8 Å². The zero-order valence-electron chi connectivity index (χ0n) is 14.1. The summed E-state index contributed by atoms with van der Waals surface area (Å²) in [7, 11) is 0. The quantitative estimate of drug-likeness (QED) is 0.578. The summed E-state index contributed by atoms with van der Waals surface area (Å²) in [5, 5.41) is 17.1. The molecule has 0 radical (unpaired) electrons. The molecule has 0 saturated carbocycles. The SMILES string of the molecule is CC(C)NC(=O)c1ccc(NCCN2CCOCC2)c([N+](=O)[O-])c1. The van der Waals surface area contributed by atoms with Gasteiger partial charge in [-0.15, -0.1) is 0 Å². The van der Waals surface area contributed by atoms with Gasteiger partial charge in [-0.25, -0.2) is 0 Å². The summed E-state index contributed by atoms with van der Waals surface area (Å²) in [4.78, 5) is 25.1. The Labute approximate surface area is 141 Å². The molecule has 132 valence electrons. The molecule has 8 nitrogen and oxygen atoms in total. The van der Waals surface area contributed by atoms with Crippen LogP contribution in [0.5, 0.6) is 0 Å². The molecule has 0 atom stereocenters. The lowest BCUT2D eigenvalue weighted by molar-refractivity contribution is -0.384. The molecule has 1 aromatic rings. The summed E-state index contributed by atoms with van der Waals surface area (Å²) >= 11 is 0. The average Bonchev–Trinajstić information content (AvgIpc) is 2.55. The number of anilines is 1. The fraction of sp³-hybridized carbons (Fsp3) is 0.562. The fourth-order valence-electron chi connectivity index (χ4n) is 2.49.